The molecule has 0 bridgehead atoms. The van der Waals surface area contributed by atoms with Gasteiger partial charge in [-0.15, -0.1) is 0 Å². The number of aliphatic hydroxyl groups is 1. The third-order valence-corrected chi connectivity index (χ3v) is 4.74. The number of hydrogen-bond donors (Lipinski definition) is 1. The first-order chi connectivity index (χ1) is 14.1. The fourth-order valence-corrected chi connectivity index (χ4v) is 3.46. The lowest BCUT2D eigenvalue weighted by Gasteiger charge is -2.26. The van der Waals surface area contributed by atoms with E-state index in [1.807, 2.05) is 13.0 Å². The number of anilines is 1. The number of nitrogens with zero attached hydrogens (tertiary/aromatic N) is 1. The van der Waals surface area contributed by atoms with Crippen LogP contribution in [0.5, 0.6) is 5.75 Å². The van der Waals surface area contributed by atoms with Crippen LogP contribution in [0.25, 0.3) is 0 Å². The molecule has 2 heterocycles. The Labute approximate surface area is 167 Å². The molecule has 6 nitrogen and oxygen atoms in total. The lowest BCUT2D eigenvalue weighted by atomic mass is 9.94. The monoisotopic (exact) mass is 389 g/mol. The highest BCUT2D eigenvalue weighted by Crippen LogP contribution is 2.42. The molecule has 2 aromatic carbocycles. The van der Waals surface area contributed by atoms with Gasteiger partial charge in [0.15, 0.2) is 11.5 Å². The maximum absolute atomic E-state index is 13.1. The maximum atomic E-state index is 13.1. The average Bonchev–Trinajstić information content (AvgIpc) is 3.37. The van der Waals surface area contributed by atoms with Gasteiger partial charge in [0.05, 0.1) is 24.5 Å². The molecule has 0 radical (unpaired) electrons. The lowest BCUT2D eigenvalue weighted by molar-refractivity contribution is -0.117. The number of aliphatic hydroxyl groups excluding tert-OH is 1. The van der Waals surface area contributed by atoms with Crippen LogP contribution in [0.15, 0.2) is 88.7 Å². The second kappa shape index (κ2) is 7.67. The van der Waals surface area contributed by atoms with Gasteiger partial charge in [-0.3, -0.25) is 14.5 Å². The zero-order valence-electron chi connectivity index (χ0n) is 15.7. The highest BCUT2D eigenvalue weighted by molar-refractivity contribution is 6.20. The number of benzene rings is 2. The third kappa shape index (κ3) is 3.29. The summed E-state index contributed by atoms with van der Waals surface area (Å²) in [6, 6.07) is 18.3. The zero-order valence-corrected chi connectivity index (χ0v) is 15.7. The van der Waals surface area contributed by atoms with E-state index in [9.17, 15) is 14.7 Å². The molecule has 0 saturated heterocycles. The molecule has 1 amide bonds. The van der Waals surface area contributed by atoms with E-state index in [0.29, 0.717) is 23.6 Å². The fourth-order valence-electron chi connectivity index (χ4n) is 3.46. The molecular formula is C23H19NO5. The molecule has 146 valence electrons. The molecule has 0 spiro atoms. The van der Waals surface area contributed by atoms with Crippen molar-refractivity contribution in [3.63, 3.8) is 0 Å². The van der Waals surface area contributed by atoms with Crippen LogP contribution in [-0.4, -0.2) is 23.4 Å². The number of furan rings is 1. The highest BCUT2D eigenvalue weighted by Gasteiger charge is 2.45. The van der Waals surface area contributed by atoms with Crippen molar-refractivity contribution >= 4 is 17.4 Å². The smallest absolute Gasteiger partial charge is 0.294 e. The fraction of sp³-hybridized carbons (Fsp3) is 0.130. The number of carbonyl (C=O) groups is 2. The zero-order chi connectivity index (χ0) is 20.4. The van der Waals surface area contributed by atoms with Crippen molar-refractivity contribution in [1.82, 2.24) is 0 Å². The average molecular weight is 389 g/mol. The minimum Gasteiger partial charge on any atom is -0.503 e. The molecule has 4 rings (SSSR count). The Bertz CT molecular complexity index is 1050. The normalized spacial score (nSPS) is 16.4. The number of ketones is 1. The molecule has 0 fully saturated rings. The first-order valence-corrected chi connectivity index (χ1v) is 9.24. The highest BCUT2D eigenvalue weighted by atomic mass is 16.5. The van der Waals surface area contributed by atoms with Crippen molar-refractivity contribution in [2.75, 3.05) is 11.5 Å². The van der Waals surface area contributed by atoms with Crippen LogP contribution < -0.4 is 9.64 Å². The van der Waals surface area contributed by atoms with Crippen molar-refractivity contribution in [1.29, 1.82) is 0 Å². The lowest BCUT2D eigenvalue weighted by Crippen LogP contribution is -2.31. The predicted octanol–water partition coefficient (Wildman–Crippen LogP) is 4.46. The number of hydrogen-bond acceptors (Lipinski definition) is 5. The molecule has 0 saturated carbocycles. The maximum Gasteiger partial charge on any atom is 0.294 e. The van der Waals surface area contributed by atoms with E-state index in [1.165, 1.54) is 17.2 Å². The Morgan fingerprint density at radius 2 is 1.79 bits per heavy atom. The molecule has 1 atom stereocenters. The number of para-hydroxylation sites is 1. The van der Waals surface area contributed by atoms with Crippen molar-refractivity contribution in [3.05, 3.63) is 95.6 Å². The van der Waals surface area contributed by atoms with Crippen LogP contribution in [0, 0.1) is 0 Å². The SMILES string of the molecule is CCOc1ccc(C2C(C(=O)c3ccco3)=C(O)C(=O)N2c2ccccc2)cc1. The van der Waals surface area contributed by atoms with E-state index in [0.717, 1.165) is 0 Å². The summed E-state index contributed by atoms with van der Waals surface area (Å²) in [4.78, 5) is 27.5. The van der Waals surface area contributed by atoms with E-state index >= 15 is 0 Å². The molecule has 1 aliphatic rings. The summed E-state index contributed by atoms with van der Waals surface area (Å²) < 4.78 is 10.7. The summed E-state index contributed by atoms with van der Waals surface area (Å²) in [5.41, 5.74) is 1.23. The Balaban J connectivity index is 1.83. The predicted molar refractivity (Wildman–Crippen MR) is 107 cm³/mol. The largest absolute Gasteiger partial charge is 0.503 e. The van der Waals surface area contributed by atoms with Gasteiger partial charge in [0.2, 0.25) is 5.78 Å². The molecule has 1 aromatic heterocycles. The van der Waals surface area contributed by atoms with Crippen molar-refractivity contribution in [3.8, 4) is 5.75 Å². The first-order valence-electron chi connectivity index (χ1n) is 9.24. The van der Waals surface area contributed by atoms with Crippen LogP contribution >= 0.6 is 0 Å². The van der Waals surface area contributed by atoms with Gasteiger partial charge >= 0.3 is 0 Å². The van der Waals surface area contributed by atoms with Crippen molar-refractivity contribution in [2.24, 2.45) is 0 Å². The number of ether oxygens (including phenoxy) is 1. The van der Waals surface area contributed by atoms with E-state index < -0.39 is 23.5 Å². The van der Waals surface area contributed by atoms with Gasteiger partial charge < -0.3 is 14.3 Å². The van der Waals surface area contributed by atoms with E-state index in [-0.39, 0.29) is 11.3 Å². The van der Waals surface area contributed by atoms with Crippen LogP contribution in [0.3, 0.4) is 0 Å². The first kappa shape index (κ1) is 18.6. The van der Waals surface area contributed by atoms with E-state index in [4.69, 9.17) is 9.15 Å². The third-order valence-electron chi connectivity index (χ3n) is 4.74. The molecule has 6 heteroatoms. The molecule has 29 heavy (non-hydrogen) atoms. The van der Waals surface area contributed by atoms with Gasteiger partial charge in [0.1, 0.15) is 5.75 Å². The molecule has 1 N–H and O–H groups in total. The van der Waals surface area contributed by atoms with Crippen LogP contribution in [0.2, 0.25) is 0 Å². The summed E-state index contributed by atoms with van der Waals surface area (Å²) in [7, 11) is 0. The summed E-state index contributed by atoms with van der Waals surface area (Å²) in [5.74, 6) is -0.999. The summed E-state index contributed by atoms with van der Waals surface area (Å²) in [5, 5.41) is 10.6. The van der Waals surface area contributed by atoms with Crippen LogP contribution in [-0.2, 0) is 4.79 Å². The number of amides is 1. The van der Waals surface area contributed by atoms with Gasteiger partial charge in [-0.2, -0.15) is 0 Å². The van der Waals surface area contributed by atoms with Gasteiger partial charge in [0.25, 0.3) is 5.91 Å². The standard InChI is InChI=1S/C23H19NO5/c1-2-28-17-12-10-15(11-13-17)20-19(21(25)18-9-6-14-29-18)22(26)23(27)24(20)16-7-4-3-5-8-16/h3-14,20,26H,2H2,1H3. The van der Waals surface area contributed by atoms with Crippen LogP contribution in [0.1, 0.15) is 29.1 Å². The Kier molecular flexibility index (Phi) is 4.91. The summed E-state index contributed by atoms with van der Waals surface area (Å²) >= 11 is 0. The van der Waals surface area contributed by atoms with Gasteiger partial charge in [-0.05, 0) is 48.9 Å². The minimum atomic E-state index is -0.793. The minimum absolute atomic E-state index is 0.0158. The summed E-state index contributed by atoms with van der Waals surface area (Å²) in [6.45, 7) is 2.42. The van der Waals surface area contributed by atoms with Gasteiger partial charge in [-0.25, -0.2) is 0 Å². The van der Waals surface area contributed by atoms with E-state index in [1.54, 1.807) is 54.6 Å². The second-order valence-corrected chi connectivity index (χ2v) is 6.48. The van der Waals surface area contributed by atoms with Crippen molar-refractivity contribution < 1.29 is 23.8 Å². The Hall–Kier alpha value is -3.80. The topological polar surface area (TPSA) is 80.0 Å². The van der Waals surface area contributed by atoms with Gasteiger partial charge in [0, 0.05) is 5.69 Å². The quantitative estimate of drug-likeness (QED) is 0.630. The molecule has 1 unspecified atom stereocenters. The Morgan fingerprint density at radius 3 is 2.41 bits per heavy atom. The summed E-state index contributed by atoms with van der Waals surface area (Å²) in [6.07, 6.45) is 1.38. The number of rotatable bonds is 6. The molecule has 3 aromatic rings. The molecule has 1 aliphatic heterocycles. The van der Waals surface area contributed by atoms with E-state index in [2.05, 4.69) is 0 Å². The number of Topliss-reactive ketones (excluding diaryl/α,β-unsaturated/α-hetero) is 1. The van der Waals surface area contributed by atoms with Crippen molar-refractivity contribution in [2.45, 2.75) is 13.0 Å². The Morgan fingerprint density at radius 1 is 1.07 bits per heavy atom. The second-order valence-electron chi connectivity index (χ2n) is 6.48. The van der Waals surface area contributed by atoms with Gasteiger partial charge in [-0.1, -0.05) is 30.3 Å². The number of carbonyl (C=O) groups excluding carboxylic acids is 2. The molecular weight excluding hydrogens is 370 g/mol. The van der Waals surface area contributed by atoms with Crippen LogP contribution in [0.4, 0.5) is 5.69 Å². The molecule has 0 aliphatic carbocycles.